The van der Waals surface area contributed by atoms with Gasteiger partial charge in [-0.2, -0.15) is 0 Å². The number of hydrogen-bond donors (Lipinski definition) is 0. The summed E-state index contributed by atoms with van der Waals surface area (Å²) in [6.45, 7) is 0. The van der Waals surface area contributed by atoms with Crippen LogP contribution < -0.4 is 9.80 Å². The van der Waals surface area contributed by atoms with Crippen molar-refractivity contribution in [2.24, 2.45) is 0 Å². The Morgan fingerprint density at radius 1 is 0.343 bits per heavy atom. The molecule has 12 aromatic rings. The number of allylic oxidation sites excluding steroid dienone is 4. The molecule has 0 N–H and O–H groups in total. The van der Waals surface area contributed by atoms with Gasteiger partial charge in [-0.25, -0.2) is 0 Å². The second-order valence-electron chi connectivity index (χ2n) is 18.1. The molecule has 0 saturated carbocycles. The Balaban J connectivity index is 0.903. The first kappa shape index (κ1) is 41.1. The molecule has 2 aromatic heterocycles. The van der Waals surface area contributed by atoms with Crippen molar-refractivity contribution in [3.63, 3.8) is 0 Å². The molecule has 13 rings (SSSR count). The topological polar surface area (TPSA) is 24.6 Å². The fourth-order valence-corrected chi connectivity index (χ4v) is 10.4. The lowest BCUT2D eigenvalue weighted by Gasteiger charge is -2.29. The maximum atomic E-state index is 6.16. The Kier molecular flexibility index (Phi) is 10.3. The third kappa shape index (κ3) is 7.44. The molecule has 0 amide bonds. The lowest BCUT2D eigenvalue weighted by Crippen LogP contribution is -2.17. The average Bonchev–Trinajstić information content (AvgIpc) is 3.97. The van der Waals surface area contributed by atoms with E-state index in [2.05, 4.69) is 263 Å². The van der Waals surface area contributed by atoms with E-state index in [0.29, 0.717) is 0 Å². The van der Waals surface area contributed by atoms with E-state index in [1.54, 1.807) is 0 Å². The molecular weight excluding hydrogens is 851 g/mol. The standard InChI is InChI=1S/C66H47N3O/c1-5-15-52(16-6-1)67(53-17-7-2-8-18-53)56-34-25-46(26-35-56)49-31-40-63-60(43-49)61-44-50(47-27-36-57(37-28-47)68(54-19-9-3-10-20-54)55-21-11-4-12-22-55)32-41-64(61)69(63)58-38-29-48(30-39-58)51-33-42-66-62(45-51)59-23-13-14-24-65(59)70-66/h1-11,13-21,23-45H,12,22H2. The summed E-state index contributed by atoms with van der Waals surface area (Å²) in [5.74, 6) is 0. The van der Waals surface area contributed by atoms with Gasteiger partial charge in [-0.15, -0.1) is 0 Å². The lowest BCUT2D eigenvalue weighted by atomic mass is 9.99. The highest BCUT2D eigenvalue weighted by molar-refractivity contribution is 6.12. The molecule has 1 aliphatic carbocycles. The summed E-state index contributed by atoms with van der Waals surface area (Å²) >= 11 is 0. The van der Waals surface area contributed by atoms with Crippen LogP contribution in [0.4, 0.5) is 28.4 Å². The number of nitrogens with zero attached hydrogens (tertiary/aromatic N) is 3. The van der Waals surface area contributed by atoms with E-state index in [4.69, 9.17) is 4.42 Å². The highest BCUT2D eigenvalue weighted by Gasteiger charge is 2.19. The third-order valence-electron chi connectivity index (χ3n) is 13.8. The molecule has 2 heterocycles. The van der Waals surface area contributed by atoms with Crippen LogP contribution in [0, 0.1) is 0 Å². The van der Waals surface area contributed by atoms with Crippen LogP contribution in [0.15, 0.2) is 271 Å². The van der Waals surface area contributed by atoms with Gasteiger partial charge < -0.3 is 18.8 Å². The Labute approximate surface area is 407 Å². The number of furan rings is 1. The first-order chi connectivity index (χ1) is 34.7. The average molecular weight is 898 g/mol. The van der Waals surface area contributed by atoms with Gasteiger partial charge in [0, 0.05) is 61.4 Å². The predicted molar refractivity (Wildman–Crippen MR) is 294 cm³/mol. The SMILES string of the molecule is C1=CCCC(N(c2ccccc2)c2ccc(-c3ccc4c(c3)c3cc(-c5ccc(N(c6ccccc6)c6ccccc6)cc5)ccc3n4-c3ccc(-c4ccc5oc6ccccc6c5c4)cc3)cc2)=C1. The minimum absolute atomic E-state index is 0.905. The van der Waals surface area contributed by atoms with Crippen molar-refractivity contribution in [1.29, 1.82) is 0 Å². The van der Waals surface area contributed by atoms with Gasteiger partial charge in [-0.1, -0.05) is 140 Å². The van der Waals surface area contributed by atoms with Crippen LogP contribution >= 0.6 is 0 Å². The summed E-state index contributed by atoms with van der Waals surface area (Å²) in [7, 11) is 0. The van der Waals surface area contributed by atoms with Crippen LogP contribution in [0.3, 0.4) is 0 Å². The molecule has 0 atom stereocenters. The number of rotatable bonds is 10. The van der Waals surface area contributed by atoms with Crippen molar-refractivity contribution >= 4 is 72.2 Å². The largest absolute Gasteiger partial charge is 0.456 e. The quantitative estimate of drug-likeness (QED) is 0.137. The number of para-hydroxylation sites is 4. The van der Waals surface area contributed by atoms with Gasteiger partial charge in [0.1, 0.15) is 11.2 Å². The van der Waals surface area contributed by atoms with Crippen LogP contribution in [0.2, 0.25) is 0 Å². The maximum Gasteiger partial charge on any atom is 0.135 e. The van der Waals surface area contributed by atoms with E-state index >= 15 is 0 Å². The number of aromatic nitrogens is 1. The Bertz CT molecular complexity index is 3860. The van der Waals surface area contributed by atoms with E-state index in [9.17, 15) is 0 Å². The van der Waals surface area contributed by atoms with Gasteiger partial charge in [-0.3, -0.25) is 0 Å². The van der Waals surface area contributed by atoms with E-state index in [1.165, 1.54) is 38.8 Å². The number of benzene rings is 10. The molecule has 10 aromatic carbocycles. The summed E-state index contributed by atoms with van der Waals surface area (Å²) in [5.41, 5.74) is 19.2. The molecule has 0 fully saturated rings. The minimum Gasteiger partial charge on any atom is -0.456 e. The van der Waals surface area contributed by atoms with Gasteiger partial charge >= 0.3 is 0 Å². The number of anilines is 5. The second-order valence-corrected chi connectivity index (χ2v) is 18.1. The maximum absolute atomic E-state index is 6.16. The molecule has 1 aliphatic rings. The lowest BCUT2D eigenvalue weighted by molar-refractivity contribution is 0.669. The normalized spacial score (nSPS) is 12.5. The van der Waals surface area contributed by atoms with Gasteiger partial charge in [0.05, 0.1) is 11.0 Å². The zero-order valence-electron chi connectivity index (χ0n) is 38.5. The molecule has 0 spiro atoms. The Morgan fingerprint density at radius 2 is 0.771 bits per heavy atom. The number of hydrogen-bond acceptors (Lipinski definition) is 3. The molecule has 332 valence electrons. The van der Waals surface area contributed by atoms with Gasteiger partial charge in [-0.05, 0) is 168 Å². The minimum atomic E-state index is 0.905. The first-order valence-corrected chi connectivity index (χ1v) is 24.1. The molecule has 0 aliphatic heterocycles. The van der Waals surface area contributed by atoms with E-state index in [1.807, 2.05) is 12.1 Å². The van der Waals surface area contributed by atoms with Crippen molar-refractivity contribution < 1.29 is 4.42 Å². The smallest absolute Gasteiger partial charge is 0.135 e. The van der Waals surface area contributed by atoms with E-state index in [-0.39, 0.29) is 0 Å². The van der Waals surface area contributed by atoms with Crippen LogP contribution in [0.1, 0.15) is 12.8 Å². The van der Waals surface area contributed by atoms with Crippen LogP contribution in [-0.4, -0.2) is 4.57 Å². The summed E-state index contributed by atoms with van der Waals surface area (Å²) in [5, 5.41) is 4.69. The zero-order valence-corrected chi connectivity index (χ0v) is 38.5. The third-order valence-corrected chi connectivity index (χ3v) is 13.8. The van der Waals surface area contributed by atoms with Crippen LogP contribution in [0.5, 0.6) is 0 Å². The summed E-state index contributed by atoms with van der Waals surface area (Å²) in [4.78, 5) is 4.70. The summed E-state index contributed by atoms with van der Waals surface area (Å²) in [6.07, 6.45) is 8.71. The monoisotopic (exact) mass is 897 g/mol. The van der Waals surface area contributed by atoms with Crippen LogP contribution in [0.25, 0.3) is 82.8 Å². The molecule has 4 heteroatoms. The van der Waals surface area contributed by atoms with Crippen molar-refractivity contribution in [1.82, 2.24) is 4.57 Å². The van der Waals surface area contributed by atoms with E-state index in [0.717, 1.165) is 90.9 Å². The molecule has 0 bridgehead atoms. The van der Waals surface area contributed by atoms with Crippen molar-refractivity contribution in [3.8, 4) is 39.1 Å². The van der Waals surface area contributed by atoms with Crippen molar-refractivity contribution in [2.45, 2.75) is 12.8 Å². The fourth-order valence-electron chi connectivity index (χ4n) is 10.4. The molecule has 4 nitrogen and oxygen atoms in total. The first-order valence-electron chi connectivity index (χ1n) is 24.1. The van der Waals surface area contributed by atoms with Crippen LogP contribution in [-0.2, 0) is 0 Å². The Morgan fingerprint density at radius 3 is 1.31 bits per heavy atom. The highest BCUT2D eigenvalue weighted by atomic mass is 16.3. The number of fused-ring (bicyclic) bond motifs is 6. The predicted octanol–water partition coefficient (Wildman–Crippen LogP) is 18.5. The molecule has 0 radical (unpaired) electrons. The highest BCUT2D eigenvalue weighted by Crippen LogP contribution is 2.41. The molecule has 0 saturated heterocycles. The molecule has 70 heavy (non-hydrogen) atoms. The summed E-state index contributed by atoms with van der Waals surface area (Å²) in [6, 6.07) is 87.6. The van der Waals surface area contributed by atoms with E-state index < -0.39 is 0 Å². The zero-order chi connectivity index (χ0) is 46.4. The van der Waals surface area contributed by atoms with Gasteiger partial charge in [0.25, 0.3) is 0 Å². The van der Waals surface area contributed by atoms with Crippen molar-refractivity contribution in [3.05, 3.63) is 267 Å². The van der Waals surface area contributed by atoms with Gasteiger partial charge in [0.15, 0.2) is 0 Å². The Hall–Kier alpha value is -9.12. The molecule has 0 unspecified atom stereocenters. The summed E-state index contributed by atoms with van der Waals surface area (Å²) < 4.78 is 8.58. The van der Waals surface area contributed by atoms with Crippen molar-refractivity contribution in [2.75, 3.05) is 9.80 Å². The second kappa shape index (κ2) is 17.5. The molecular formula is C66H47N3O. The fraction of sp³-hybridized carbons (Fsp3) is 0.0303. The van der Waals surface area contributed by atoms with Gasteiger partial charge in [0.2, 0.25) is 0 Å².